The lowest BCUT2D eigenvalue weighted by Gasteiger charge is -2.16. The van der Waals surface area contributed by atoms with Crippen molar-refractivity contribution in [3.8, 4) is 11.4 Å². The summed E-state index contributed by atoms with van der Waals surface area (Å²) in [5.74, 6) is 6.76. The molecule has 29 heavy (non-hydrogen) atoms. The standard InChI is InChI=1S/C19H22N6O3S/c1-12-4-6-14(7-5-12)21-16(26)10-24(3)17(27)11-29-19-23-22-18(25(19)20)15-8-9-28-13(15)2/h4-9H,10-11,20H2,1-3H3,(H,21,26). The lowest BCUT2D eigenvalue weighted by molar-refractivity contribution is -0.131. The number of likely N-dealkylation sites (N-methyl/N-ethyl adjacent to an activating group) is 1. The van der Waals surface area contributed by atoms with Gasteiger partial charge in [-0.2, -0.15) is 0 Å². The first-order valence-electron chi connectivity index (χ1n) is 8.83. The second kappa shape index (κ2) is 8.82. The minimum Gasteiger partial charge on any atom is -0.469 e. The summed E-state index contributed by atoms with van der Waals surface area (Å²) in [6.45, 7) is 3.72. The van der Waals surface area contributed by atoms with Crippen LogP contribution in [0, 0.1) is 13.8 Å². The molecule has 0 saturated heterocycles. The number of thioether (sulfide) groups is 1. The predicted octanol–water partition coefficient (Wildman–Crippen LogP) is 2.06. The summed E-state index contributed by atoms with van der Waals surface area (Å²) >= 11 is 1.15. The molecule has 0 aliphatic carbocycles. The number of nitrogens with zero attached hydrogens (tertiary/aromatic N) is 4. The van der Waals surface area contributed by atoms with Crippen LogP contribution in [0.5, 0.6) is 0 Å². The van der Waals surface area contributed by atoms with Crippen LogP contribution in [0.15, 0.2) is 46.2 Å². The van der Waals surface area contributed by atoms with Crippen LogP contribution in [0.4, 0.5) is 5.69 Å². The van der Waals surface area contributed by atoms with E-state index in [9.17, 15) is 9.59 Å². The van der Waals surface area contributed by atoms with Crippen LogP contribution < -0.4 is 11.2 Å². The molecule has 2 heterocycles. The van der Waals surface area contributed by atoms with E-state index in [1.807, 2.05) is 31.2 Å². The van der Waals surface area contributed by atoms with Crippen LogP contribution >= 0.6 is 11.8 Å². The van der Waals surface area contributed by atoms with E-state index >= 15 is 0 Å². The molecule has 9 nitrogen and oxygen atoms in total. The van der Waals surface area contributed by atoms with Crippen molar-refractivity contribution >= 4 is 29.3 Å². The van der Waals surface area contributed by atoms with Gasteiger partial charge in [-0.3, -0.25) is 9.59 Å². The second-order valence-electron chi connectivity index (χ2n) is 6.52. The summed E-state index contributed by atoms with van der Waals surface area (Å²) in [7, 11) is 1.57. The molecule has 152 valence electrons. The van der Waals surface area contributed by atoms with Crippen LogP contribution in [0.1, 0.15) is 11.3 Å². The first-order valence-corrected chi connectivity index (χ1v) is 9.82. The Morgan fingerprint density at radius 1 is 1.21 bits per heavy atom. The fraction of sp³-hybridized carbons (Fsp3) is 0.263. The molecule has 0 spiro atoms. The van der Waals surface area contributed by atoms with Crippen molar-refractivity contribution in [3.63, 3.8) is 0 Å². The number of furan rings is 1. The molecule has 2 amide bonds. The molecule has 0 atom stereocenters. The molecule has 0 fully saturated rings. The highest BCUT2D eigenvalue weighted by Crippen LogP contribution is 2.25. The van der Waals surface area contributed by atoms with Gasteiger partial charge in [0.15, 0.2) is 5.82 Å². The van der Waals surface area contributed by atoms with Gasteiger partial charge in [-0.1, -0.05) is 29.5 Å². The van der Waals surface area contributed by atoms with Gasteiger partial charge in [-0.25, -0.2) is 4.68 Å². The van der Waals surface area contributed by atoms with Gasteiger partial charge in [0.25, 0.3) is 0 Å². The Kier molecular flexibility index (Phi) is 6.23. The molecule has 0 radical (unpaired) electrons. The molecule has 0 unspecified atom stereocenters. The molecule has 1 aromatic carbocycles. The highest BCUT2D eigenvalue weighted by atomic mass is 32.2. The predicted molar refractivity (Wildman–Crippen MR) is 111 cm³/mol. The van der Waals surface area contributed by atoms with Crippen molar-refractivity contribution in [1.29, 1.82) is 0 Å². The van der Waals surface area contributed by atoms with E-state index in [0.717, 1.165) is 22.9 Å². The van der Waals surface area contributed by atoms with Gasteiger partial charge in [-0.05, 0) is 32.0 Å². The maximum atomic E-state index is 12.4. The summed E-state index contributed by atoms with van der Waals surface area (Å²) in [6.07, 6.45) is 1.55. The number of anilines is 1. The smallest absolute Gasteiger partial charge is 0.243 e. The van der Waals surface area contributed by atoms with E-state index in [1.165, 1.54) is 9.58 Å². The second-order valence-corrected chi connectivity index (χ2v) is 7.46. The van der Waals surface area contributed by atoms with Crippen molar-refractivity contribution in [2.45, 2.75) is 19.0 Å². The number of nitrogens with one attached hydrogen (secondary N) is 1. The van der Waals surface area contributed by atoms with E-state index < -0.39 is 0 Å². The van der Waals surface area contributed by atoms with Gasteiger partial charge in [0.1, 0.15) is 5.76 Å². The third-order valence-corrected chi connectivity index (χ3v) is 5.16. The number of aromatic nitrogens is 3. The van der Waals surface area contributed by atoms with Gasteiger partial charge in [0.2, 0.25) is 17.0 Å². The van der Waals surface area contributed by atoms with Crippen LogP contribution in [0.2, 0.25) is 0 Å². The van der Waals surface area contributed by atoms with Gasteiger partial charge in [-0.15, -0.1) is 10.2 Å². The zero-order chi connectivity index (χ0) is 21.0. The van der Waals surface area contributed by atoms with E-state index in [0.29, 0.717) is 22.4 Å². The van der Waals surface area contributed by atoms with Gasteiger partial charge >= 0.3 is 0 Å². The first kappa shape index (κ1) is 20.5. The molecule has 0 bridgehead atoms. The van der Waals surface area contributed by atoms with Crippen molar-refractivity contribution < 1.29 is 14.0 Å². The number of carbonyl (C=O) groups is 2. The number of hydrogen-bond acceptors (Lipinski definition) is 7. The SMILES string of the molecule is Cc1ccc(NC(=O)CN(C)C(=O)CSc2nnc(-c3ccoc3C)n2N)cc1. The minimum atomic E-state index is -0.269. The Morgan fingerprint density at radius 3 is 2.59 bits per heavy atom. The van der Waals surface area contributed by atoms with E-state index in [1.54, 1.807) is 26.3 Å². The molecule has 3 rings (SSSR count). The molecule has 2 aromatic heterocycles. The molecule has 0 saturated carbocycles. The summed E-state index contributed by atoms with van der Waals surface area (Å²) < 4.78 is 6.58. The number of amides is 2. The van der Waals surface area contributed by atoms with E-state index in [4.69, 9.17) is 10.3 Å². The zero-order valence-electron chi connectivity index (χ0n) is 16.4. The van der Waals surface area contributed by atoms with Crippen molar-refractivity contribution in [2.75, 3.05) is 30.5 Å². The van der Waals surface area contributed by atoms with Crippen molar-refractivity contribution in [2.24, 2.45) is 0 Å². The molecular weight excluding hydrogens is 392 g/mol. The quantitative estimate of drug-likeness (QED) is 0.448. The maximum Gasteiger partial charge on any atom is 0.243 e. The summed E-state index contributed by atoms with van der Waals surface area (Å²) in [5, 5.41) is 11.3. The highest BCUT2D eigenvalue weighted by Gasteiger charge is 2.18. The fourth-order valence-electron chi connectivity index (χ4n) is 2.55. The Bertz CT molecular complexity index is 1010. The molecular formula is C19H22N6O3S. The summed E-state index contributed by atoms with van der Waals surface area (Å²) in [6, 6.07) is 9.20. The number of nitrogens with two attached hydrogens (primary N) is 1. The summed E-state index contributed by atoms with van der Waals surface area (Å²) in [5.41, 5.74) is 2.53. The van der Waals surface area contributed by atoms with Crippen molar-refractivity contribution in [1.82, 2.24) is 19.8 Å². The Balaban J connectivity index is 1.52. The summed E-state index contributed by atoms with van der Waals surface area (Å²) in [4.78, 5) is 25.9. The number of rotatable bonds is 7. The average Bonchev–Trinajstić information content (AvgIpc) is 3.26. The van der Waals surface area contributed by atoms with E-state index in [2.05, 4.69) is 15.5 Å². The number of hydrogen-bond donors (Lipinski definition) is 2. The van der Waals surface area contributed by atoms with Crippen LogP contribution in [0.3, 0.4) is 0 Å². The van der Waals surface area contributed by atoms with Gasteiger partial charge in [0.05, 0.1) is 24.1 Å². The third kappa shape index (κ3) is 4.96. The lowest BCUT2D eigenvalue weighted by atomic mass is 10.2. The lowest BCUT2D eigenvalue weighted by Crippen LogP contribution is -2.36. The van der Waals surface area contributed by atoms with Crippen LogP contribution in [-0.4, -0.2) is 50.9 Å². The van der Waals surface area contributed by atoms with Crippen LogP contribution in [0.25, 0.3) is 11.4 Å². The molecule has 0 aliphatic rings. The monoisotopic (exact) mass is 414 g/mol. The average molecular weight is 414 g/mol. The fourth-order valence-corrected chi connectivity index (χ4v) is 3.35. The third-order valence-electron chi connectivity index (χ3n) is 4.23. The Hall–Kier alpha value is -3.27. The Morgan fingerprint density at radius 2 is 1.93 bits per heavy atom. The minimum absolute atomic E-state index is 0.0535. The number of carbonyl (C=O) groups excluding carboxylic acids is 2. The van der Waals surface area contributed by atoms with Crippen LogP contribution in [-0.2, 0) is 9.59 Å². The van der Waals surface area contributed by atoms with E-state index in [-0.39, 0.29) is 24.1 Å². The highest BCUT2D eigenvalue weighted by molar-refractivity contribution is 7.99. The number of benzene rings is 1. The number of aryl methyl sites for hydroxylation is 2. The zero-order valence-corrected chi connectivity index (χ0v) is 17.2. The van der Waals surface area contributed by atoms with Gasteiger partial charge in [0, 0.05) is 12.7 Å². The maximum absolute atomic E-state index is 12.4. The normalized spacial score (nSPS) is 10.7. The van der Waals surface area contributed by atoms with Crippen molar-refractivity contribution in [3.05, 3.63) is 47.9 Å². The number of nitrogen functional groups attached to an aromatic ring is 1. The molecule has 3 N–H and O–H groups in total. The van der Waals surface area contributed by atoms with Gasteiger partial charge < -0.3 is 20.5 Å². The molecule has 10 heteroatoms. The first-order chi connectivity index (χ1) is 13.8. The Labute approximate surface area is 172 Å². The molecule has 0 aliphatic heterocycles. The largest absolute Gasteiger partial charge is 0.469 e. The topological polar surface area (TPSA) is 119 Å². The molecule has 3 aromatic rings.